The third kappa shape index (κ3) is 1.20. The third-order valence-corrected chi connectivity index (χ3v) is 2.44. The number of anilines is 1. The molecule has 1 aliphatic rings. The summed E-state index contributed by atoms with van der Waals surface area (Å²) in [6, 6.07) is 4.58. The van der Waals surface area contributed by atoms with Crippen LogP contribution in [-0.2, 0) is 4.79 Å². The van der Waals surface area contributed by atoms with Crippen molar-refractivity contribution in [1.29, 1.82) is 0 Å². The molecule has 1 aromatic rings. The molecule has 0 bridgehead atoms. The molecule has 1 aromatic carbocycles. The summed E-state index contributed by atoms with van der Waals surface area (Å²) in [5, 5.41) is 0. The monoisotopic (exact) mass is 179 g/mol. The molecule has 0 fully saturated rings. The molecule has 0 spiro atoms. The average Bonchev–Trinajstić information content (AvgIpc) is 2.42. The number of hydrogen-bond donors (Lipinski definition) is 0. The molecule has 3 heteroatoms. The van der Waals surface area contributed by atoms with Crippen molar-refractivity contribution in [2.24, 2.45) is 0 Å². The molecule has 0 amide bonds. The minimum atomic E-state index is -0.277. The van der Waals surface area contributed by atoms with Gasteiger partial charge < -0.3 is 9.69 Å². The van der Waals surface area contributed by atoms with Crippen LogP contribution in [-0.4, -0.2) is 19.9 Å². The molecular formula is C10H10FNO. The molecule has 0 aromatic heterocycles. The van der Waals surface area contributed by atoms with Gasteiger partial charge in [0, 0.05) is 19.3 Å². The summed E-state index contributed by atoms with van der Waals surface area (Å²) >= 11 is 0. The van der Waals surface area contributed by atoms with E-state index in [0.29, 0.717) is 6.54 Å². The van der Waals surface area contributed by atoms with Crippen LogP contribution in [0.25, 0.3) is 0 Å². The van der Waals surface area contributed by atoms with E-state index in [4.69, 9.17) is 0 Å². The highest BCUT2D eigenvalue weighted by molar-refractivity contribution is 5.74. The Labute approximate surface area is 76.0 Å². The van der Waals surface area contributed by atoms with Crippen LogP contribution in [0.5, 0.6) is 0 Å². The van der Waals surface area contributed by atoms with Gasteiger partial charge in [-0.05, 0) is 23.8 Å². The Hall–Kier alpha value is -1.38. The number of carbonyl (C=O) groups excluding carboxylic acids is 1. The maximum Gasteiger partial charge on any atom is 0.129 e. The Morgan fingerprint density at radius 2 is 2.38 bits per heavy atom. The molecule has 0 saturated carbocycles. The van der Waals surface area contributed by atoms with Crippen molar-refractivity contribution in [2.75, 3.05) is 18.5 Å². The van der Waals surface area contributed by atoms with E-state index in [1.165, 1.54) is 12.1 Å². The molecule has 0 N–H and O–H groups in total. The summed E-state index contributed by atoms with van der Waals surface area (Å²) in [4.78, 5) is 12.6. The van der Waals surface area contributed by atoms with Crippen LogP contribution < -0.4 is 4.90 Å². The fraction of sp³-hybridized carbons (Fsp3) is 0.300. The van der Waals surface area contributed by atoms with Gasteiger partial charge in [0.25, 0.3) is 0 Å². The van der Waals surface area contributed by atoms with Crippen molar-refractivity contribution in [3.8, 4) is 0 Å². The first-order valence-corrected chi connectivity index (χ1v) is 4.18. The van der Waals surface area contributed by atoms with E-state index >= 15 is 0 Å². The molecule has 2 nitrogen and oxygen atoms in total. The summed E-state index contributed by atoms with van der Waals surface area (Å²) in [5.74, 6) is -0.448. The van der Waals surface area contributed by atoms with Crippen LogP contribution in [0.4, 0.5) is 10.1 Å². The Morgan fingerprint density at radius 3 is 3.08 bits per heavy atom. The molecule has 0 aliphatic carbocycles. The zero-order valence-electron chi connectivity index (χ0n) is 7.33. The van der Waals surface area contributed by atoms with Gasteiger partial charge in [-0.1, -0.05) is 0 Å². The first-order valence-electron chi connectivity index (χ1n) is 4.18. The first kappa shape index (κ1) is 8.23. The SMILES string of the molecule is CN1CC(C=O)c2cc(F)ccc21. The van der Waals surface area contributed by atoms with Crippen molar-refractivity contribution in [3.05, 3.63) is 29.6 Å². The van der Waals surface area contributed by atoms with Crippen LogP contribution in [0.2, 0.25) is 0 Å². The summed E-state index contributed by atoms with van der Waals surface area (Å²) in [6.45, 7) is 0.655. The van der Waals surface area contributed by atoms with Crippen molar-refractivity contribution >= 4 is 12.0 Å². The topological polar surface area (TPSA) is 20.3 Å². The van der Waals surface area contributed by atoms with E-state index in [2.05, 4.69) is 0 Å². The zero-order valence-corrected chi connectivity index (χ0v) is 7.33. The highest BCUT2D eigenvalue weighted by Crippen LogP contribution is 2.34. The van der Waals surface area contributed by atoms with Crippen molar-refractivity contribution in [3.63, 3.8) is 0 Å². The fourth-order valence-electron chi connectivity index (χ4n) is 1.78. The molecular weight excluding hydrogens is 169 g/mol. The van der Waals surface area contributed by atoms with Gasteiger partial charge in [-0.3, -0.25) is 0 Å². The highest BCUT2D eigenvalue weighted by atomic mass is 19.1. The number of carbonyl (C=O) groups is 1. The molecule has 1 unspecified atom stereocenters. The second kappa shape index (κ2) is 2.83. The Bertz CT molecular complexity index is 351. The van der Waals surface area contributed by atoms with Crippen molar-refractivity contribution < 1.29 is 9.18 Å². The maximum absolute atomic E-state index is 12.9. The van der Waals surface area contributed by atoms with E-state index in [-0.39, 0.29) is 11.7 Å². The van der Waals surface area contributed by atoms with Gasteiger partial charge in [-0.15, -0.1) is 0 Å². The fourth-order valence-corrected chi connectivity index (χ4v) is 1.78. The van der Waals surface area contributed by atoms with E-state index in [0.717, 1.165) is 17.5 Å². The lowest BCUT2D eigenvalue weighted by molar-refractivity contribution is -0.108. The summed E-state index contributed by atoms with van der Waals surface area (Å²) in [5.41, 5.74) is 1.76. The minimum absolute atomic E-state index is 0.171. The van der Waals surface area contributed by atoms with Crippen LogP contribution in [0.1, 0.15) is 11.5 Å². The second-order valence-electron chi connectivity index (χ2n) is 3.33. The maximum atomic E-state index is 12.9. The summed E-state index contributed by atoms with van der Waals surface area (Å²) < 4.78 is 12.9. The first-order chi connectivity index (χ1) is 6.22. The number of aldehydes is 1. The van der Waals surface area contributed by atoms with Gasteiger partial charge in [0.1, 0.15) is 12.1 Å². The van der Waals surface area contributed by atoms with Crippen molar-refractivity contribution in [1.82, 2.24) is 0 Å². The highest BCUT2D eigenvalue weighted by Gasteiger charge is 2.25. The largest absolute Gasteiger partial charge is 0.373 e. The van der Waals surface area contributed by atoms with Crippen LogP contribution in [0.3, 0.4) is 0 Å². The summed E-state index contributed by atoms with van der Waals surface area (Å²) in [7, 11) is 1.90. The van der Waals surface area contributed by atoms with Gasteiger partial charge in [-0.25, -0.2) is 4.39 Å². The number of fused-ring (bicyclic) bond motifs is 1. The number of halogens is 1. The van der Waals surface area contributed by atoms with Crippen molar-refractivity contribution in [2.45, 2.75) is 5.92 Å². The molecule has 13 heavy (non-hydrogen) atoms. The predicted molar refractivity (Wildman–Crippen MR) is 48.5 cm³/mol. The number of rotatable bonds is 1. The van der Waals surface area contributed by atoms with Gasteiger partial charge in [0.05, 0.1) is 5.92 Å². The predicted octanol–water partition coefficient (Wildman–Crippen LogP) is 1.56. The van der Waals surface area contributed by atoms with Gasteiger partial charge >= 0.3 is 0 Å². The Balaban J connectivity index is 2.52. The minimum Gasteiger partial charge on any atom is -0.373 e. The van der Waals surface area contributed by atoms with E-state index in [1.807, 2.05) is 11.9 Å². The lowest BCUT2D eigenvalue weighted by atomic mass is 10.0. The zero-order chi connectivity index (χ0) is 9.42. The van der Waals surface area contributed by atoms with Gasteiger partial charge in [-0.2, -0.15) is 0 Å². The number of hydrogen-bond acceptors (Lipinski definition) is 2. The number of likely N-dealkylation sites (N-methyl/N-ethyl adjacent to an activating group) is 1. The molecule has 0 radical (unpaired) electrons. The van der Waals surface area contributed by atoms with E-state index in [1.54, 1.807) is 6.07 Å². The van der Waals surface area contributed by atoms with Gasteiger partial charge in [0.15, 0.2) is 0 Å². The van der Waals surface area contributed by atoms with Crippen LogP contribution in [0, 0.1) is 5.82 Å². The van der Waals surface area contributed by atoms with Crippen LogP contribution in [0.15, 0.2) is 18.2 Å². The molecule has 1 aliphatic heterocycles. The molecule has 68 valence electrons. The lowest BCUT2D eigenvalue weighted by Gasteiger charge is -2.10. The molecule has 1 atom stereocenters. The van der Waals surface area contributed by atoms with E-state index < -0.39 is 0 Å². The Kier molecular flexibility index (Phi) is 1.79. The average molecular weight is 179 g/mol. The quantitative estimate of drug-likeness (QED) is 0.610. The molecule has 1 heterocycles. The summed E-state index contributed by atoms with van der Waals surface area (Å²) in [6.07, 6.45) is 0.877. The standard InChI is InChI=1S/C10H10FNO/c1-12-5-7(6-13)9-4-8(11)2-3-10(9)12/h2-4,6-7H,5H2,1H3. The molecule has 2 rings (SSSR count). The Morgan fingerprint density at radius 1 is 1.62 bits per heavy atom. The second-order valence-corrected chi connectivity index (χ2v) is 3.33. The lowest BCUT2D eigenvalue weighted by Crippen LogP contribution is -2.15. The smallest absolute Gasteiger partial charge is 0.129 e. The third-order valence-electron chi connectivity index (χ3n) is 2.44. The normalized spacial score (nSPS) is 20.2. The van der Waals surface area contributed by atoms with Gasteiger partial charge in [0.2, 0.25) is 0 Å². The number of benzene rings is 1. The number of nitrogens with zero attached hydrogens (tertiary/aromatic N) is 1. The molecule has 0 saturated heterocycles. The van der Waals surface area contributed by atoms with Crippen LogP contribution >= 0.6 is 0 Å². The van der Waals surface area contributed by atoms with E-state index in [9.17, 15) is 9.18 Å².